The molecule has 2 aromatic carbocycles. The highest BCUT2D eigenvalue weighted by atomic mass is 16.5. The second-order valence-corrected chi connectivity index (χ2v) is 4.92. The van der Waals surface area contributed by atoms with Crippen molar-refractivity contribution in [3.63, 3.8) is 0 Å². The predicted molar refractivity (Wildman–Crippen MR) is 86.4 cm³/mol. The number of amides is 1. The number of hydrogen-bond donors (Lipinski definition) is 1. The summed E-state index contributed by atoms with van der Waals surface area (Å²) in [5.41, 5.74) is 1.76. The Kier molecular flexibility index (Phi) is 4.54. The summed E-state index contributed by atoms with van der Waals surface area (Å²) >= 11 is 0. The molecular weight excluding hydrogens is 306 g/mol. The summed E-state index contributed by atoms with van der Waals surface area (Å²) in [7, 11) is 0. The summed E-state index contributed by atoms with van der Waals surface area (Å²) in [4.78, 5) is 12.2. The number of nitriles is 1. The fraction of sp³-hybridized carbons (Fsp3) is 0.0556. The van der Waals surface area contributed by atoms with E-state index in [2.05, 4.69) is 10.5 Å². The average Bonchev–Trinajstić information content (AvgIpc) is 3.10. The van der Waals surface area contributed by atoms with E-state index in [1.54, 1.807) is 24.3 Å². The average molecular weight is 319 g/mol. The van der Waals surface area contributed by atoms with Gasteiger partial charge in [-0.25, -0.2) is 0 Å². The van der Waals surface area contributed by atoms with Gasteiger partial charge in [0.1, 0.15) is 12.7 Å². The van der Waals surface area contributed by atoms with E-state index in [1.165, 1.54) is 6.07 Å². The molecule has 0 bridgehead atoms. The monoisotopic (exact) mass is 319 g/mol. The summed E-state index contributed by atoms with van der Waals surface area (Å²) in [6.45, 7) is 0.325. The van der Waals surface area contributed by atoms with Gasteiger partial charge in [-0.1, -0.05) is 42.5 Å². The molecule has 118 valence electrons. The van der Waals surface area contributed by atoms with Gasteiger partial charge in [0.15, 0.2) is 0 Å². The molecule has 3 rings (SSSR count). The van der Waals surface area contributed by atoms with Gasteiger partial charge in [0.2, 0.25) is 5.76 Å². The quantitative estimate of drug-likeness (QED) is 0.779. The number of carbonyl (C=O) groups excluding carboxylic acids is 1. The van der Waals surface area contributed by atoms with E-state index in [0.29, 0.717) is 17.9 Å². The first kappa shape index (κ1) is 15.3. The second kappa shape index (κ2) is 7.11. The molecule has 0 atom stereocenters. The zero-order valence-corrected chi connectivity index (χ0v) is 12.6. The third-order valence-electron chi connectivity index (χ3n) is 3.24. The topological polar surface area (TPSA) is 88.2 Å². The van der Waals surface area contributed by atoms with E-state index in [-0.39, 0.29) is 11.6 Å². The minimum Gasteiger partial charge on any atom is -0.471 e. The van der Waals surface area contributed by atoms with E-state index in [1.807, 2.05) is 36.4 Å². The summed E-state index contributed by atoms with van der Waals surface area (Å²) in [6, 6.07) is 19.7. The van der Waals surface area contributed by atoms with Gasteiger partial charge in [-0.2, -0.15) is 5.26 Å². The normalized spacial score (nSPS) is 9.96. The van der Waals surface area contributed by atoms with Crippen molar-refractivity contribution in [1.29, 1.82) is 5.26 Å². The van der Waals surface area contributed by atoms with Crippen molar-refractivity contribution in [1.82, 2.24) is 5.16 Å². The fourth-order valence-corrected chi connectivity index (χ4v) is 2.04. The summed E-state index contributed by atoms with van der Waals surface area (Å²) < 4.78 is 10.5. The number of nitrogens with zero attached hydrogens (tertiary/aromatic N) is 2. The largest absolute Gasteiger partial charge is 0.471 e. The minimum absolute atomic E-state index is 0.00537. The maximum absolute atomic E-state index is 12.2. The maximum atomic E-state index is 12.2. The highest BCUT2D eigenvalue weighted by Gasteiger charge is 2.15. The number of aromatic nitrogens is 1. The van der Waals surface area contributed by atoms with Gasteiger partial charge in [0.25, 0.3) is 11.8 Å². The van der Waals surface area contributed by atoms with Gasteiger partial charge in [0.05, 0.1) is 17.3 Å². The SMILES string of the molecule is N#Cc1ccccc1NC(=O)c1cc(OCc2ccccc2)no1. The van der Waals surface area contributed by atoms with Gasteiger partial charge in [-0.15, -0.1) is 0 Å². The Morgan fingerprint density at radius 3 is 2.71 bits per heavy atom. The van der Waals surface area contributed by atoms with Crippen molar-refractivity contribution in [2.45, 2.75) is 6.61 Å². The highest BCUT2D eigenvalue weighted by molar-refractivity contribution is 6.03. The van der Waals surface area contributed by atoms with Crippen molar-refractivity contribution < 1.29 is 14.1 Å². The first-order valence-corrected chi connectivity index (χ1v) is 7.20. The van der Waals surface area contributed by atoms with Gasteiger partial charge >= 0.3 is 0 Å². The number of para-hydroxylation sites is 1. The molecule has 1 N–H and O–H groups in total. The van der Waals surface area contributed by atoms with Crippen molar-refractivity contribution >= 4 is 11.6 Å². The van der Waals surface area contributed by atoms with E-state index < -0.39 is 5.91 Å². The van der Waals surface area contributed by atoms with Gasteiger partial charge < -0.3 is 14.6 Å². The first-order chi connectivity index (χ1) is 11.8. The molecule has 0 aliphatic heterocycles. The molecule has 1 amide bonds. The summed E-state index contributed by atoms with van der Waals surface area (Å²) in [6.07, 6.45) is 0. The van der Waals surface area contributed by atoms with Crippen LogP contribution in [0.2, 0.25) is 0 Å². The molecule has 1 heterocycles. The molecule has 1 aromatic heterocycles. The molecule has 0 saturated heterocycles. The van der Waals surface area contributed by atoms with Gasteiger partial charge in [-0.05, 0) is 22.9 Å². The lowest BCUT2D eigenvalue weighted by molar-refractivity contribution is 0.0987. The highest BCUT2D eigenvalue weighted by Crippen LogP contribution is 2.17. The zero-order chi connectivity index (χ0) is 16.8. The molecule has 0 saturated carbocycles. The Labute approximate surface area is 138 Å². The van der Waals surface area contributed by atoms with Crippen LogP contribution in [0.5, 0.6) is 5.88 Å². The molecule has 0 spiro atoms. The molecule has 0 radical (unpaired) electrons. The molecular formula is C18H13N3O3. The van der Waals surface area contributed by atoms with Crippen LogP contribution in [-0.2, 0) is 6.61 Å². The van der Waals surface area contributed by atoms with Crippen molar-refractivity contribution in [2.24, 2.45) is 0 Å². The van der Waals surface area contributed by atoms with Crippen LogP contribution in [0.1, 0.15) is 21.7 Å². The molecule has 0 aliphatic carbocycles. The van der Waals surface area contributed by atoms with Crippen LogP contribution in [0, 0.1) is 11.3 Å². The van der Waals surface area contributed by atoms with Crippen LogP contribution >= 0.6 is 0 Å². The molecule has 0 fully saturated rings. The van der Waals surface area contributed by atoms with E-state index in [0.717, 1.165) is 5.56 Å². The third kappa shape index (κ3) is 3.59. The zero-order valence-electron chi connectivity index (χ0n) is 12.6. The lowest BCUT2D eigenvalue weighted by Crippen LogP contribution is -2.11. The smallest absolute Gasteiger partial charge is 0.294 e. The number of anilines is 1. The van der Waals surface area contributed by atoms with E-state index in [9.17, 15) is 4.79 Å². The number of hydrogen-bond acceptors (Lipinski definition) is 5. The standard InChI is InChI=1S/C18H13N3O3/c19-11-14-8-4-5-9-15(14)20-18(22)16-10-17(21-24-16)23-12-13-6-2-1-3-7-13/h1-10H,12H2,(H,20,22). The number of carbonyl (C=O) groups is 1. The number of nitrogens with one attached hydrogen (secondary N) is 1. The van der Waals surface area contributed by atoms with Crippen molar-refractivity contribution in [3.05, 3.63) is 77.6 Å². The molecule has 6 heteroatoms. The minimum atomic E-state index is -0.500. The van der Waals surface area contributed by atoms with Gasteiger partial charge in [0, 0.05) is 0 Å². The Morgan fingerprint density at radius 2 is 1.92 bits per heavy atom. The molecule has 24 heavy (non-hydrogen) atoms. The lowest BCUT2D eigenvalue weighted by Gasteiger charge is -2.03. The van der Waals surface area contributed by atoms with Gasteiger partial charge in [-0.3, -0.25) is 4.79 Å². The second-order valence-electron chi connectivity index (χ2n) is 4.92. The Hall–Kier alpha value is -3.59. The summed E-state index contributed by atoms with van der Waals surface area (Å²) in [5, 5.41) is 15.4. The van der Waals surface area contributed by atoms with Crippen LogP contribution in [0.25, 0.3) is 0 Å². The lowest BCUT2D eigenvalue weighted by atomic mass is 10.2. The number of benzene rings is 2. The Bertz CT molecular complexity index is 882. The van der Waals surface area contributed by atoms with Crippen LogP contribution in [0.3, 0.4) is 0 Å². The van der Waals surface area contributed by atoms with Crippen molar-refractivity contribution in [3.8, 4) is 11.9 Å². The van der Waals surface area contributed by atoms with Crippen LogP contribution < -0.4 is 10.1 Å². The van der Waals surface area contributed by atoms with E-state index in [4.69, 9.17) is 14.5 Å². The predicted octanol–water partition coefficient (Wildman–Crippen LogP) is 3.38. The number of rotatable bonds is 5. The first-order valence-electron chi connectivity index (χ1n) is 7.20. The maximum Gasteiger partial charge on any atom is 0.294 e. The summed E-state index contributed by atoms with van der Waals surface area (Å²) in [5.74, 6) is -0.275. The molecule has 3 aromatic rings. The Balaban J connectivity index is 1.64. The van der Waals surface area contributed by atoms with E-state index >= 15 is 0 Å². The molecule has 0 aliphatic rings. The third-order valence-corrected chi connectivity index (χ3v) is 3.24. The molecule has 6 nitrogen and oxygen atoms in total. The van der Waals surface area contributed by atoms with Crippen LogP contribution in [0.15, 0.2) is 65.2 Å². The fourth-order valence-electron chi connectivity index (χ4n) is 2.04. The Morgan fingerprint density at radius 1 is 1.17 bits per heavy atom. The van der Waals surface area contributed by atoms with Crippen LogP contribution in [0.4, 0.5) is 5.69 Å². The number of ether oxygens (including phenoxy) is 1. The van der Waals surface area contributed by atoms with Crippen LogP contribution in [-0.4, -0.2) is 11.1 Å². The molecule has 0 unspecified atom stereocenters. The van der Waals surface area contributed by atoms with Crippen molar-refractivity contribution in [2.75, 3.05) is 5.32 Å².